The number of nitrogen functional groups attached to an aromatic ring is 1. The van der Waals surface area contributed by atoms with Crippen LogP contribution in [0.4, 0.5) is 11.4 Å². The van der Waals surface area contributed by atoms with Gasteiger partial charge >= 0.3 is 0 Å². The Morgan fingerprint density at radius 3 is 2.16 bits per heavy atom. The minimum Gasteiger partial charge on any atom is -0.497 e. The average Bonchev–Trinajstić information content (AvgIpc) is 2.39. The van der Waals surface area contributed by atoms with Crippen molar-refractivity contribution in [3.8, 4) is 5.75 Å². The van der Waals surface area contributed by atoms with E-state index in [2.05, 4.69) is 24.3 Å². The smallest absolute Gasteiger partial charge is 0.118 e. The minimum absolute atomic E-state index is 0.816. The maximum absolute atomic E-state index is 6.06. The van der Waals surface area contributed by atoms with Gasteiger partial charge in [0.1, 0.15) is 5.75 Å². The summed E-state index contributed by atoms with van der Waals surface area (Å²) in [6.45, 7) is 0. The van der Waals surface area contributed by atoms with E-state index in [4.69, 9.17) is 10.5 Å². The van der Waals surface area contributed by atoms with E-state index in [1.807, 2.05) is 37.2 Å². The van der Waals surface area contributed by atoms with E-state index < -0.39 is 0 Å². The lowest BCUT2D eigenvalue weighted by Gasteiger charge is -2.16. The van der Waals surface area contributed by atoms with Gasteiger partial charge in [-0.1, -0.05) is 18.2 Å². The van der Waals surface area contributed by atoms with E-state index in [0.717, 1.165) is 23.5 Å². The quantitative estimate of drug-likeness (QED) is 0.855. The van der Waals surface area contributed by atoms with Crippen LogP contribution in [0, 0.1) is 0 Å². The van der Waals surface area contributed by atoms with Gasteiger partial charge in [-0.25, -0.2) is 0 Å². The van der Waals surface area contributed by atoms with Crippen LogP contribution in [0.15, 0.2) is 42.5 Å². The molecule has 0 amide bonds. The highest BCUT2D eigenvalue weighted by Crippen LogP contribution is 2.24. The summed E-state index contributed by atoms with van der Waals surface area (Å²) in [5.41, 5.74) is 10.4. The van der Waals surface area contributed by atoms with Crippen LogP contribution in [-0.2, 0) is 6.42 Å². The van der Waals surface area contributed by atoms with Gasteiger partial charge in [-0.05, 0) is 41.8 Å². The van der Waals surface area contributed by atoms with Crippen LogP contribution in [0.3, 0.4) is 0 Å². The third-order valence-electron chi connectivity index (χ3n) is 3.14. The summed E-state index contributed by atoms with van der Waals surface area (Å²) in [6, 6.07) is 14.3. The van der Waals surface area contributed by atoms with Crippen LogP contribution in [0.1, 0.15) is 11.1 Å². The Kier molecular flexibility index (Phi) is 3.95. The molecule has 2 rings (SSSR count). The molecule has 3 heteroatoms. The highest BCUT2D eigenvalue weighted by molar-refractivity contribution is 5.68. The predicted octanol–water partition coefficient (Wildman–Crippen LogP) is 2.93. The van der Waals surface area contributed by atoms with Gasteiger partial charge in [-0.3, -0.25) is 0 Å². The molecule has 0 atom stereocenters. The molecule has 0 aromatic heterocycles. The van der Waals surface area contributed by atoms with Gasteiger partial charge in [0.25, 0.3) is 0 Å². The second kappa shape index (κ2) is 5.65. The number of nitrogens with zero attached hydrogens (tertiary/aromatic N) is 1. The number of benzene rings is 2. The fraction of sp³-hybridized carbons (Fsp3) is 0.250. The van der Waals surface area contributed by atoms with Crippen LogP contribution in [0.2, 0.25) is 0 Å². The highest BCUT2D eigenvalue weighted by atomic mass is 16.5. The Morgan fingerprint density at radius 1 is 1.00 bits per heavy atom. The molecule has 19 heavy (non-hydrogen) atoms. The average molecular weight is 256 g/mol. The molecule has 0 spiro atoms. The lowest BCUT2D eigenvalue weighted by atomic mass is 10.0. The summed E-state index contributed by atoms with van der Waals surface area (Å²) in [6.07, 6.45) is 0.877. The molecule has 100 valence electrons. The molecule has 0 saturated carbocycles. The first-order chi connectivity index (χ1) is 9.10. The van der Waals surface area contributed by atoms with E-state index in [9.17, 15) is 0 Å². The van der Waals surface area contributed by atoms with Gasteiger partial charge in [0.05, 0.1) is 18.5 Å². The molecule has 0 fully saturated rings. The Morgan fingerprint density at radius 2 is 1.63 bits per heavy atom. The number of hydrogen-bond donors (Lipinski definition) is 1. The van der Waals surface area contributed by atoms with Gasteiger partial charge in [0.15, 0.2) is 0 Å². The van der Waals surface area contributed by atoms with Crippen molar-refractivity contribution in [2.75, 3.05) is 31.8 Å². The van der Waals surface area contributed by atoms with Gasteiger partial charge in [0.2, 0.25) is 0 Å². The molecule has 2 aromatic rings. The second-order valence-corrected chi connectivity index (χ2v) is 4.81. The third-order valence-corrected chi connectivity index (χ3v) is 3.14. The standard InChI is InChI=1S/C16H20N2O/c1-18(2)16-9-6-13(11-15(16)17)10-12-4-7-14(19-3)8-5-12/h4-9,11H,10,17H2,1-3H3. The molecule has 0 aliphatic carbocycles. The number of ether oxygens (including phenoxy) is 1. The van der Waals surface area contributed by atoms with Crippen LogP contribution in [-0.4, -0.2) is 21.2 Å². The van der Waals surface area contributed by atoms with Crippen molar-refractivity contribution in [3.05, 3.63) is 53.6 Å². The Bertz CT molecular complexity index is 547. The molecule has 0 aliphatic rings. The Hall–Kier alpha value is -2.16. The summed E-state index contributed by atoms with van der Waals surface area (Å²) in [4.78, 5) is 2.02. The van der Waals surface area contributed by atoms with Gasteiger partial charge < -0.3 is 15.4 Å². The fourth-order valence-corrected chi connectivity index (χ4v) is 2.10. The molecular weight excluding hydrogens is 236 g/mol. The summed E-state index contributed by atoms with van der Waals surface area (Å²) in [5.74, 6) is 0.881. The van der Waals surface area contributed by atoms with Gasteiger partial charge in [0, 0.05) is 14.1 Å². The summed E-state index contributed by atoms with van der Waals surface area (Å²) in [5, 5.41) is 0. The predicted molar refractivity (Wildman–Crippen MR) is 81.0 cm³/mol. The fourth-order valence-electron chi connectivity index (χ4n) is 2.10. The molecule has 2 aromatic carbocycles. The van der Waals surface area contributed by atoms with Gasteiger partial charge in [-0.2, -0.15) is 0 Å². The number of methoxy groups -OCH3 is 1. The normalized spacial score (nSPS) is 10.3. The number of nitrogens with two attached hydrogens (primary N) is 1. The lowest BCUT2D eigenvalue weighted by Crippen LogP contribution is -2.11. The van der Waals surface area contributed by atoms with Crippen molar-refractivity contribution in [1.82, 2.24) is 0 Å². The molecule has 3 nitrogen and oxygen atoms in total. The Balaban J connectivity index is 2.16. The van der Waals surface area contributed by atoms with Crippen molar-refractivity contribution in [2.45, 2.75) is 6.42 Å². The van der Waals surface area contributed by atoms with E-state index in [1.165, 1.54) is 11.1 Å². The molecular formula is C16H20N2O. The molecule has 0 radical (unpaired) electrons. The van der Waals surface area contributed by atoms with E-state index >= 15 is 0 Å². The van der Waals surface area contributed by atoms with Crippen LogP contribution in [0.25, 0.3) is 0 Å². The monoisotopic (exact) mass is 256 g/mol. The minimum atomic E-state index is 0.816. The summed E-state index contributed by atoms with van der Waals surface area (Å²) < 4.78 is 5.16. The first kappa shape index (κ1) is 13.3. The summed E-state index contributed by atoms with van der Waals surface area (Å²) >= 11 is 0. The van der Waals surface area contributed by atoms with Crippen LogP contribution in [0.5, 0.6) is 5.75 Å². The van der Waals surface area contributed by atoms with Gasteiger partial charge in [-0.15, -0.1) is 0 Å². The van der Waals surface area contributed by atoms with Crippen LogP contribution < -0.4 is 15.4 Å². The molecule has 0 unspecified atom stereocenters. The number of anilines is 2. The topological polar surface area (TPSA) is 38.5 Å². The van der Waals surface area contributed by atoms with E-state index in [0.29, 0.717) is 0 Å². The molecule has 0 saturated heterocycles. The largest absolute Gasteiger partial charge is 0.497 e. The van der Waals surface area contributed by atoms with Crippen molar-refractivity contribution in [2.24, 2.45) is 0 Å². The van der Waals surface area contributed by atoms with E-state index in [1.54, 1.807) is 7.11 Å². The third kappa shape index (κ3) is 3.19. The maximum atomic E-state index is 6.06. The lowest BCUT2D eigenvalue weighted by molar-refractivity contribution is 0.414. The zero-order valence-electron chi connectivity index (χ0n) is 11.7. The second-order valence-electron chi connectivity index (χ2n) is 4.81. The van der Waals surface area contributed by atoms with Crippen molar-refractivity contribution < 1.29 is 4.74 Å². The first-order valence-corrected chi connectivity index (χ1v) is 6.29. The SMILES string of the molecule is COc1ccc(Cc2ccc(N(C)C)c(N)c2)cc1. The molecule has 0 aliphatic heterocycles. The zero-order chi connectivity index (χ0) is 13.8. The molecule has 0 heterocycles. The first-order valence-electron chi connectivity index (χ1n) is 6.29. The van der Waals surface area contributed by atoms with Crippen LogP contribution >= 0.6 is 0 Å². The molecule has 2 N–H and O–H groups in total. The van der Waals surface area contributed by atoms with Crippen molar-refractivity contribution in [1.29, 1.82) is 0 Å². The van der Waals surface area contributed by atoms with Crippen molar-refractivity contribution >= 4 is 11.4 Å². The summed E-state index contributed by atoms with van der Waals surface area (Å²) in [7, 11) is 5.67. The zero-order valence-corrected chi connectivity index (χ0v) is 11.7. The number of hydrogen-bond acceptors (Lipinski definition) is 3. The molecule has 0 bridgehead atoms. The van der Waals surface area contributed by atoms with Crippen molar-refractivity contribution in [3.63, 3.8) is 0 Å². The van der Waals surface area contributed by atoms with E-state index in [-0.39, 0.29) is 0 Å². The Labute approximate surface area is 114 Å². The highest BCUT2D eigenvalue weighted by Gasteiger charge is 2.03. The number of rotatable bonds is 4. The maximum Gasteiger partial charge on any atom is 0.118 e.